The van der Waals surface area contributed by atoms with Crippen LogP contribution >= 0.6 is 11.8 Å². The number of ether oxygens (including phenoxy) is 4. The first-order chi connectivity index (χ1) is 17.5. The minimum Gasteiger partial charge on any atom is -0.493 e. The largest absolute Gasteiger partial charge is 0.493 e. The maximum absolute atomic E-state index is 13.1. The van der Waals surface area contributed by atoms with Crippen LogP contribution in [-0.4, -0.2) is 39.9 Å². The molecule has 9 heteroatoms. The molecule has 3 aromatic rings. The van der Waals surface area contributed by atoms with E-state index in [0.717, 1.165) is 16.0 Å². The molecule has 0 aliphatic carbocycles. The summed E-state index contributed by atoms with van der Waals surface area (Å²) in [4.78, 5) is 29.0. The van der Waals surface area contributed by atoms with Crippen LogP contribution in [0.25, 0.3) is 6.08 Å². The Balaban J connectivity index is 1.32. The first-order valence-electron chi connectivity index (χ1n) is 11.2. The van der Waals surface area contributed by atoms with E-state index in [1.165, 1.54) is 11.8 Å². The molecule has 0 saturated heterocycles. The van der Waals surface area contributed by atoms with Gasteiger partial charge in [0.2, 0.25) is 6.79 Å². The molecule has 0 aromatic heterocycles. The van der Waals surface area contributed by atoms with Crippen molar-refractivity contribution in [2.45, 2.75) is 11.4 Å². The number of likely N-dealkylation sites (N-methyl/N-ethyl adjacent to an activating group) is 1. The summed E-state index contributed by atoms with van der Waals surface area (Å²) in [6.07, 6.45) is 1.82. The van der Waals surface area contributed by atoms with Crippen LogP contribution in [-0.2, 0) is 11.3 Å². The zero-order chi connectivity index (χ0) is 25.2. The number of nitrogens with zero attached hydrogens (tertiary/aromatic N) is 1. The second-order valence-electron chi connectivity index (χ2n) is 8.14. The molecule has 0 saturated carbocycles. The zero-order valence-corrected chi connectivity index (χ0v) is 20.8. The van der Waals surface area contributed by atoms with Gasteiger partial charge in [0.1, 0.15) is 0 Å². The Kier molecular flexibility index (Phi) is 6.47. The molecule has 8 nitrogen and oxygen atoms in total. The third-order valence-electron chi connectivity index (χ3n) is 5.91. The molecular weight excluding hydrogens is 480 g/mol. The molecule has 0 radical (unpaired) electrons. The number of amides is 2. The predicted octanol–water partition coefficient (Wildman–Crippen LogP) is 4.47. The Bertz CT molecular complexity index is 1390. The predicted molar refractivity (Wildman–Crippen MR) is 137 cm³/mol. The Hall–Kier alpha value is -4.11. The minimum absolute atomic E-state index is 0.153. The number of methoxy groups -OCH3 is 2. The third-order valence-corrected chi connectivity index (χ3v) is 6.99. The van der Waals surface area contributed by atoms with Crippen LogP contribution in [0, 0.1) is 0 Å². The number of nitrogens with one attached hydrogen (secondary N) is 1. The van der Waals surface area contributed by atoms with E-state index >= 15 is 0 Å². The highest BCUT2D eigenvalue weighted by atomic mass is 32.2. The Morgan fingerprint density at radius 1 is 1.03 bits per heavy atom. The van der Waals surface area contributed by atoms with Crippen molar-refractivity contribution in [3.8, 4) is 23.0 Å². The number of fused-ring (bicyclic) bond motifs is 2. The maximum atomic E-state index is 13.1. The van der Waals surface area contributed by atoms with Crippen LogP contribution in [0.4, 0.5) is 5.69 Å². The van der Waals surface area contributed by atoms with Crippen molar-refractivity contribution in [1.29, 1.82) is 0 Å². The van der Waals surface area contributed by atoms with Crippen LogP contribution < -0.4 is 29.2 Å². The Labute approximate surface area is 212 Å². The first-order valence-corrected chi connectivity index (χ1v) is 12.0. The van der Waals surface area contributed by atoms with Gasteiger partial charge < -0.3 is 29.2 Å². The smallest absolute Gasteiger partial charge is 0.264 e. The van der Waals surface area contributed by atoms with Crippen molar-refractivity contribution >= 4 is 35.3 Å². The van der Waals surface area contributed by atoms with E-state index in [0.29, 0.717) is 45.7 Å². The van der Waals surface area contributed by atoms with Crippen LogP contribution in [0.2, 0.25) is 0 Å². The highest BCUT2D eigenvalue weighted by molar-refractivity contribution is 8.04. The average Bonchev–Trinajstić information content (AvgIpc) is 3.38. The van der Waals surface area contributed by atoms with Gasteiger partial charge in [-0.3, -0.25) is 9.59 Å². The Morgan fingerprint density at radius 2 is 1.83 bits per heavy atom. The third kappa shape index (κ3) is 4.57. The fourth-order valence-corrected chi connectivity index (χ4v) is 5.06. The van der Waals surface area contributed by atoms with Gasteiger partial charge in [-0.1, -0.05) is 23.9 Å². The van der Waals surface area contributed by atoms with Crippen molar-refractivity contribution in [3.63, 3.8) is 0 Å². The van der Waals surface area contributed by atoms with Crippen LogP contribution in [0.1, 0.15) is 21.5 Å². The SMILES string of the molecule is COc1ccc(C=C2Sc3ccc(C(=O)NCc4ccc5c(c4)OCO5)cc3N(C)C2=O)cc1OC. The van der Waals surface area contributed by atoms with Crippen molar-refractivity contribution in [3.05, 3.63) is 76.2 Å². The fourth-order valence-electron chi connectivity index (χ4n) is 3.96. The molecule has 2 amide bonds. The number of anilines is 1. The van der Waals surface area contributed by atoms with E-state index in [1.807, 2.05) is 42.5 Å². The summed E-state index contributed by atoms with van der Waals surface area (Å²) < 4.78 is 21.4. The van der Waals surface area contributed by atoms with Gasteiger partial charge in [-0.2, -0.15) is 0 Å². The van der Waals surface area contributed by atoms with E-state index in [9.17, 15) is 9.59 Å². The standard InChI is InChI=1S/C27H24N2O6S/c1-29-19-13-18(26(30)28-14-17-5-8-21-23(11-17)35-15-34-21)6-9-24(19)36-25(27(29)31)12-16-4-7-20(32-2)22(10-16)33-3/h4-13H,14-15H2,1-3H3,(H,28,30). The number of hydrogen-bond acceptors (Lipinski definition) is 7. The van der Waals surface area contributed by atoms with E-state index < -0.39 is 0 Å². The molecule has 0 fully saturated rings. The Morgan fingerprint density at radius 3 is 2.64 bits per heavy atom. The molecule has 2 aliphatic heterocycles. The summed E-state index contributed by atoms with van der Waals surface area (Å²) in [5, 5.41) is 2.92. The fraction of sp³-hybridized carbons (Fsp3) is 0.185. The van der Waals surface area contributed by atoms with Gasteiger partial charge in [0.25, 0.3) is 11.8 Å². The van der Waals surface area contributed by atoms with Crippen molar-refractivity contribution in [1.82, 2.24) is 5.32 Å². The molecule has 2 heterocycles. The van der Waals surface area contributed by atoms with Gasteiger partial charge in [0.15, 0.2) is 23.0 Å². The lowest BCUT2D eigenvalue weighted by Crippen LogP contribution is -2.31. The van der Waals surface area contributed by atoms with Gasteiger partial charge in [-0.15, -0.1) is 0 Å². The van der Waals surface area contributed by atoms with Gasteiger partial charge >= 0.3 is 0 Å². The molecule has 3 aromatic carbocycles. The van der Waals surface area contributed by atoms with E-state index in [-0.39, 0.29) is 18.6 Å². The van der Waals surface area contributed by atoms with E-state index in [4.69, 9.17) is 18.9 Å². The van der Waals surface area contributed by atoms with Crippen LogP contribution in [0.15, 0.2) is 64.4 Å². The summed E-state index contributed by atoms with van der Waals surface area (Å²) in [6.45, 7) is 0.546. The van der Waals surface area contributed by atoms with Gasteiger partial charge in [-0.05, 0) is 59.7 Å². The monoisotopic (exact) mass is 504 g/mol. The summed E-state index contributed by atoms with van der Waals surface area (Å²) >= 11 is 1.37. The van der Waals surface area contributed by atoms with Crippen molar-refractivity contribution < 1.29 is 28.5 Å². The summed E-state index contributed by atoms with van der Waals surface area (Å²) in [5.74, 6) is 2.20. The van der Waals surface area contributed by atoms with Gasteiger partial charge in [0.05, 0.1) is 24.8 Å². The molecule has 1 N–H and O–H groups in total. The highest BCUT2D eigenvalue weighted by Crippen LogP contribution is 2.42. The number of carbonyl (C=O) groups excluding carboxylic acids is 2. The van der Waals surface area contributed by atoms with E-state index in [2.05, 4.69) is 5.32 Å². The summed E-state index contributed by atoms with van der Waals surface area (Å²) in [6, 6.07) is 16.4. The molecular formula is C27H24N2O6S. The normalized spacial score (nSPS) is 15.0. The maximum Gasteiger partial charge on any atom is 0.264 e. The second kappa shape index (κ2) is 9.87. The molecule has 5 rings (SSSR count). The number of carbonyl (C=O) groups is 2. The first kappa shape index (κ1) is 23.6. The topological polar surface area (TPSA) is 86.3 Å². The molecule has 184 valence electrons. The van der Waals surface area contributed by atoms with Gasteiger partial charge in [0, 0.05) is 24.1 Å². The number of rotatable bonds is 6. The summed E-state index contributed by atoms with van der Waals surface area (Å²) in [7, 11) is 4.86. The molecule has 2 aliphatic rings. The second-order valence-corrected chi connectivity index (χ2v) is 9.23. The lowest BCUT2D eigenvalue weighted by molar-refractivity contribution is -0.114. The average molecular weight is 505 g/mol. The van der Waals surface area contributed by atoms with Crippen LogP contribution in [0.5, 0.6) is 23.0 Å². The zero-order valence-electron chi connectivity index (χ0n) is 20.0. The lowest BCUT2D eigenvalue weighted by Gasteiger charge is -2.27. The molecule has 0 spiro atoms. The summed E-state index contributed by atoms with van der Waals surface area (Å²) in [5.41, 5.74) is 2.88. The van der Waals surface area contributed by atoms with Crippen molar-refractivity contribution in [2.24, 2.45) is 0 Å². The quantitative estimate of drug-likeness (QED) is 0.496. The molecule has 36 heavy (non-hydrogen) atoms. The molecule has 0 atom stereocenters. The minimum atomic E-state index is -0.229. The van der Waals surface area contributed by atoms with Crippen molar-refractivity contribution in [2.75, 3.05) is 33.0 Å². The van der Waals surface area contributed by atoms with Gasteiger partial charge in [-0.25, -0.2) is 0 Å². The van der Waals surface area contributed by atoms with Crippen LogP contribution in [0.3, 0.4) is 0 Å². The number of thioether (sulfide) groups is 1. The van der Waals surface area contributed by atoms with E-state index in [1.54, 1.807) is 44.4 Å². The molecule has 0 bridgehead atoms. The molecule has 0 unspecified atom stereocenters. The highest BCUT2D eigenvalue weighted by Gasteiger charge is 2.27. The number of benzene rings is 3. The lowest BCUT2D eigenvalue weighted by atomic mass is 10.1. The number of hydrogen-bond donors (Lipinski definition) is 1.